The molecule has 2 aromatic carbocycles. The van der Waals surface area contributed by atoms with E-state index < -0.39 is 4.92 Å². The van der Waals surface area contributed by atoms with E-state index in [1.54, 1.807) is 18.2 Å². The number of carbonyl (C=O) groups is 1. The van der Waals surface area contributed by atoms with E-state index in [0.29, 0.717) is 23.8 Å². The highest BCUT2D eigenvalue weighted by molar-refractivity contribution is 6.33. The predicted molar refractivity (Wildman–Crippen MR) is 121 cm³/mol. The summed E-state index contributed by atoms with van der Waals surface area (Å²) in [5.74, 6) is -0.146. The number of para-hydroxylation sites is 1. The third kappa shape index (κ3) is 7.09. The zero-order valence-corrected chi connectivity index (χ0v) is 18.5. The molecule has 0 heterocycles. The molecule has 0 aliphatic carbocycles. The number of anilines is 1. The maximum atomic E-state index is 12.7. The standard InChI is InChI=1S/C22H29ClN4O3/c1-4-25(5-2)13-14-26(15-18-9-11-19(12-10-18)27(29)30)16-21(28)24-22-17(3)7-6-8-20(22)23/h6-12H,4-5,13-16H2,1-3H3,(H,24,28). The number of hydrogen-bond donors (Lipinski definition) is 1. The molecule has 162 valence electrons. The van der Waals surface area contributed by atoms with Crippen LogP contribution in [0.25, 0.3) is 0 Å². The van der Waals surface area contributed by atoms with Gasteiger partial charge in [-0.15, -0.1) is 0 Å². The van der Waals surface area contributed by atoms with Gasteiger partial charge in [-0.25, -0.2) is 0 Å². The van der Waals surface area contributed by atoms with Crippen molar-refractivity contribution in [1.82, 2.24) is 9.80 Å². The van der Waals surface area contributed by atoms with E-state index >= 15 is 0 Å². The van der Waals surface area contributed by atoms with Gasteiger partial charge in [0.1, 0.15) is 0 Å². The molecule has 0 spiro atoms. The first-order valence-corrected chi connectivity index (χ1v) is 10.4. The molecule has 0 bridgehead atoms. The number of rotatable bonds is 11. The molecule has 1 amide bonds. The Morgan fingerprint density at radius 1 is 1.07 bits per heavy atom. The quantitative estimate of drug-likeness (QED) is 0.422. The van der Waals surface area contributed by atoms with Gasteiger partial charge >= 0.3 is 0 Å². The Morgan fingerprint density at radius 2 is 1.70 bits per heavy atom. The predicted octanol–water partition coefficient (Wildman–Crippen LogP) is 4.34. The molecule has 0 aliphatic heterocycles. The Morgan fingerprint density at radius 3 is 2.27 bits per heavy atom. The van der Waals surface area contributed by atoms with Gasteiger partial charge in [-0.1, -0.05) is 49.7 Å². The lowest BCUT2D eigenvalue weighted by atomic mass is 10.2. The first-order chi connectivity index (χ1) is 14.3. The van der Waals surface area contributed by atoms with Gasteiger partial charge in [0.15, 0.2) is 0 Å². The molecule has 0 fully saturated rings. The van der Waals surface area contributed by atoms with Crippen LogP contribution >= 0.6 is 11.6 Å². The second kappa shape index (κ2) is 11.6. The minimum Gasteiger partial charge on any atom is -0.323 e. The normalized spacial score (nSPS) is 11.1. The van der Waals surface area contributed by atoms with Crippen molar-refractivity contribution in [2.45, 2.75) is 27.3 Å². The van der Waals surface area contributed by atoms with E-state index in [4.69, 9.17) is 11.6 Å². The molecule has 1 N–H and O–H groups in total. The summed E-state index contributed by atoms with van der Waals surface area (Å²) in [6.45, 7) is 10.2. The fourth-order valence-electron chi connectivity index (χ4n) is 3.19. The molecule has 0 saturated carbocycles. The lowest BCUT2D eigenvalue weighted by Crippen LogP contribution is -2.39. The zero-order valence-electron chi connectivity index (χ0n) is 17.7. The molecule has 0 radical (unpaired) electrons. The SMILES string of the molecule is CCN(CC)CCN(CC(=O)Nc1c(C)cccc1Cl)Cc1ccc([N+](=O)[O-])cc1. The van der Waals surface area contributed by atoms with E-state index in [1.165, 1.54) is 12.1 Å². The van der Waals surface area contributed by atoms with Crippen LogP contribution in [0.3, 0.4) is 0 Å². The molecule has 0 aromatic heterocycles. The summed E-state index contributed by atoms with van der Waals surface area (Å²) in [4.78, 5) is 27.5. The highest BCUT2D eigenvalue weighted by Gasteiger charge is 2.15. The van der Waals surface area contributed by atoms with Crippen molar-refractivity contribution in [2.75, 3.05) is 38.0 Å². The van der Waals surface area contributed by atoms with Crippen molar-refractivity contribution < 1.29 is 9.72 Å². The number of hydrogen-bond acceptors (Lipinski definition) is 5. The topological polar surface area (TPSA) is 78.7 Å². The van der Waals surface area contributed by atoms with Crippen LogP contribution < -0.4 is 5.32 Å². The number of likely N-dealkylation sites (N-methyl/N-ethyl adjacent to an activating group) is 1. The van der Waals surface area contributed by atoms with Gasteiger partial charge in [0, 0.05) is 31.8 Å². The first-order valence-electron chi connectivity index (χ1n) is 10.1. The molecule has 7 nitrogen and oxygen atoms in total. The van der Waals surface area contributed by atoms with Crippen molar-refractivity contribution in [3.05, 3.63) is 68.7 Å². The number of benzene rings is 2. The van der Waals surface area contributed by atoms with Crippen LogP contribution in [-0.2, 0) is 11.3 Å². The first kappa shape index (κ1) is 23.8. The van der Waals surface area contributed by atoms with Crippen molar-refractivity contribution in [1.29, 1.82) is 0 Å². The number of amides is 1. The fourth-order valence-corrected chi connectivity index (χ4v) is 3.46. The molecule has 0 saturated heterocycles. The average Bonchev–Trinajstić information content (AvgIpc) is 2.72. The number of nitrogens with zero attached hydrogens (tertiary/aromatic N) is 3. The maximum absolute atomic E-state index is 12.7. The summed E-state index contributed by atoms with van der Waals surface area (Å²) in [5.41, 5.74) is 2.51. The van der Waals surface area contributed by atoms with Crippen LogP contribution in [0.5, 0.6) is 0 Å². The molecule has 0 unspecified atom stereocenters. The van der Waals surface area contributed by atoms with Gasteiger partial charge in [0.05, 0.1) is 22.2 Å². The second-order valence-corrected chi connectivity index (χ2v) is 7.55. The summed E-state index contributed by atoms with van der Waals surface area (Å²) in [5, 5.41) is 14.3. The van der Waals surface area contributed by atoms with Crippen molar-refractivity contribution in [2.24, 2.45) is 0 Å². The number of nitro benzene ring substituents is 1. The van der Waals surface area contributed by atoms with Gasteiger partial charge in [-0.2, -0.15) is 0 Å². The maximum Gasteiger partial charge on any atom is 0.269 e. The van der Waals surface area contributed by atoms with Gasteiger partial charge in [0.2, 0.25) is 5.91 Å². The Hall–Kier alpha value is -2.48. The van der Waals surface area contributed by atoms with Crippen molar-refractivity contribution in [3.63, 3.8) is 0 Å². The van der Waals surface area contributed by atoms with Crippen molar-refractivity contribution >= 4 is 28.9 Å². The Bertz CT molecular complexity index is 834. The average molecular weight is 433 g/mol. The Labute approximate surface area is 182 Å². The van der Waals surface area contributed by atoms with Crippen LogP contribution in [0.1, 0.15) is 25.0 Å². The molecule has 0 atom stereocenters. The minimum atomic E-state index is -0.415. The van der Waals surface area contributed by atoms with E-state index in [2.05, 4.69) is 24.1 Å². The number of aryl methyl sites for hydroxylation is 1. The third-order valence-electron chi connectivity index (χ3n) is 5.03. The lowest BCUT2D eigenvalue weighted by molar-refractivity contribution is -0.384. The van der Waals surface area contributed by atoms with Crippen LogP contribution in [0.4, 0.5) is 11.4 Å². The molecule has 2 rings (SSSR count). The van der Waals surface area contributed by atoms with Crippen LogP contribution in [0.2, 0.25) is 5.02 Å². The van der Waals surface area contributed by atoms with E-state index in [9.17, 15) is 14.9 Å². The largest absolute Gasteiger partial charge is 0.323 e. The van der Waals surface area contributed by atoms with Crippen molar-refractivity contribution in [3.8, 4) is 0 Å². The minimum absolute atomic E-state index is 0.0559. The van der Waals surface area contributed by atoms with Gasteiger partial charge in [-0.05, 0) is 37.2 Å². The van der Waals surface area contributed by atoms with Gasteiger partial charge < -0.3 is 10.2 Å². The number of nitro groups is 1. The fraction of sp³-hybridized carbons (Fsp3) is 0.409. The summed E-state index contributed by atoms with van der Waals surface area (Å²) in [6.07, 6.45) is 0. The number of nitrogens with one attached hydrogen (secondary N) is 1. The number of non-ortho nitro benzene ring substituents is 1. The van der Waals surface area contributed by atoms with Crippen LogP contribution in [0, 0.1) is 17.0 Å². The molecule has 8 heteroatoms. The van der Waals surface area contributed by atoms with E-state index in [1.807, 2.05) is 24.0 Å². The summed E-state index contributed by atoms with van der Waals surface area (Å²) >= 11 is 6.23. The van der Waals surface area contributed by atoms with E-state index in [0.717, 1.165) is 30.8 Å². The van der Waals surface area contributed by atoms with E-state index in [-0.39, 0.29) is 18.1 Å². The highest BCUT2D eigenvalue weighted by Crippen LogP contribution is 2.25. The lowest BCUT2D eigenvalue weighted by Gasteiger charge is -2.26. The van der Waals surface area contributed by atoms with Crippen LogP contribution in [0.15, 0.2) is 42.5 Å². The number of halogens is 1. The third-order valence-corrected chi connectivity index (χ3v) is 5.35. The van der Waals surface area contributed by atoms with Gasteiger partial charge in [0.25, 0.3) is 5.69 Å². The number of carbonyl (C=O) groups excluding carboxylic acids is 1. The summed E-state index contributed by atoms with van der Waals surface area (Å²) in [6, 6.07) is 11.9. The molecule has 30 heavy (non-hydrogen) atoms. The smallest absolute Gasteiger partial charge is 0.269 e. The Balaban J connectivity index is 2.09. The van der Waals surface area contributed by atoms with Gasteiger partial charge in [-0.3, -0.25) is 19.8 Å². The summed E-state index contributed by atoms with van der Waals surface area (Å²) in [7, 11) is 0. The molecule has 0 aliphatic rings. The highest BCUT2D eigenvalue weighted by atomic mass is 35.5. The molecular weight excluding hydrogens is 404 g/mol. The van der Waals surface area contributed by atoms with Crippen LogP contribution in [-0.4, -0.2) is 53.4 Å². The monoisotopic (exact) mass is 432 g/mol. The summed E-state index contributed by atoms with van der Waals surface area (Å²) < 4.78 is 0. The zero-order chi connectivity index (χ0) is 22.1. The Kier molecular flexibility index (Phi) is 9.23. The molecule has 2 aromatic rings. The molecular formula is C22H29ClN4O3. The second-order valence-electron chi connectivity index (χ2n) is 7.14.